The summed E-state index contributed by atoms with van der Waals surface area (Å²) in [5.74, 6) is -0.0161. The fourth-order valence-corrected chi connectivity index (χ4v) is 2.97. The van der Waals surface area contributed by atoms with E-state index in [-0.39, 0.29) is 11.5 Å². The number of nitrogens with one attached hydrogen (secondary N) is 2. The van der Waals surface area contributed by atoms with Crippen LogP contribution in [-0.2, 0) is 6.42 Å². The van der Waals surface area contributed by atoms with Gasteiger partial charge in [0.25, 0.3) is 11.5 Å². The Balaban J connectivity index is 1.71. The topological polar surface area (TPSA) is 98.9 Å². The van der Waals surface area contributed by atoms with Gasteiger partial charge in [-0.1, -0.05) is 6.07 Å². The minimum atomic E-state index is -0.648. The zero-order chi connectivity index (χ0) is 16.2. The third kappa shape index (κ3) is 3.56. The van der Waals surface area contributed by atoms with Gasteiger partial charge >= 0.3 is 5.69 Å². The summed E-state index contributed by atoms with van der Waals surface area (Å²) in [5.41, 5.74) is -0.277. The first-order valence-electron chi connectivity index (χ1n) is 7.64. The monoisotopic (exact) mass is 314 g/mol. The summed E-state index contributed by atoms with van der Waals surface area (Å²) in [7, 11) is 0. The molecule has 1 aliphatic rings. The Labute approximate surface area is 132 Å². The minimum absolute atomic E-state index is 0.0249. The van der Waals surface area contributed by atoms with Gasteiger partial charge in [0.2, 0.25) is 0 Å². The Morgan fingerprint density at radius 3 is 2.96 bits per heavy atom. The van der Waals surface area contributed by atoms with Gasteiger partial charge in [0.1, 0.15) is 5.56 Å². The summed E-state index contributed by atoms with van der Waals surface area (Å²) in [6, 6.07) is 5.81. The third-order valence-corrected chi connectivity index (χ3v) is 4.08. The van der Waals surface area contributed by atoms with Crippen LogP contribution in [0.25, 0.3) is 0 Å². The highest BCUT2D eigenvalue weighted by atomic mass is 16.2. The van der Waals surface area contributed by atoms with E-state index in [1.54, 1.807) is 11.1 Å². The highest BCUT2D eigenvalue weighted by Crippen LogP contribution is 2.21. The lowest BCUT2D eigenvalue weighted by molar-refractivity contribution is 0.0670. The van der Waals surface area contributed by atoms with Crippen LogP contribution in [0.4, 0.5) is 0 Å². The molecule has 2 aromatic rings. The second kappa shape index (κ2) is 6.60. The Hall–Kier alpha value is -2.70. The molecule has 1 atom stereocenters. The maximum atomic E-state index is 12.5. The third-order valence-electron chi connectivity index (χ3n) is 4.08. The van der Waals surface area contributed by atoms with Crippen LogP contribution < -0.4 is 11.2 Å². The zero-order valence-corrected chi connectivity index (χ0v) is 12.6. The molecule has 3 rings (SSSR count). The number of H-pyrrole nitrogens is 2. The maximum Gasteiger partial charge on any atom is 0.325 e. The summed E-state index contributed by atoms with van der Waals surface area (Å²) in [4.78, 5) is 45.8. The van der Waals surface area contributed by atoms with E-state index in [9.17, 15) is 14.4 Å². The quantitative estimate of drug-likeness (QED) is 0.864. The number of hydrogen-bond donors (Lipinski definition) is 2. The van der Waals surface area contributed by atoms with Gasteiger partial charge in [0.15, 0.2) is 0 Å². The summed E-state index contributed by atoms with van der Waals surface area (Å²) in [6.45, 7) is 1.21. The number of hydrogen-bond acceptors (Lipinski definition) is 4. The van der Waals surface area contributed by atoms with Crippen LogP contribution in [0.1, 0.15) is 28.9 Å². The first-order chi connectivity index (χ1) is 11.1. The van der Waals surface area contributed by atoms with Gasteiger partial charge in [-0.05, 0) is 37.3 Å². The average molecular weight is 314 g/mol. The van der Waals surface area contributed by atoms with Crippen LogP contribution in [0, 0.1) is 5.92 Å². The Morgan fingerprint density at radius 1 is 1.35 bits per heavy atom. The molecule has 1 aliphatic heterocycles. The van der Waals surface area contributed by atoms with Crippen LogP contribution in [0.15, 0.2) is 40.2 Å². The lowest BCUT2D eigenvalue weighted by Gasteiger charge is -2.32. The van der Waals surface area contributed by atoms with Crippen molar-refractivity contribution in [2.24, 2.45) is 5.92 Å². The molecule has 0 bridgehead atoms. The number of aromatic amines is 2. The van der Waals surface area contributed by atoms with E-state index in [1.165, 1.54) is 6.20 Å². The molecular formula is C16H18N4O3. The zero-order valence-electron chi connectivity index (χ0n) is 12.6. The normalized spacial score (nSPS) is 17.9. The van der Waals surface area contributed by atoms with Gasteiger partial charge < -0.3 is 9.88 Å². The molecule has 1 fully saturated rings. The summed E-state index contributed by atoms with van der Waals surface area (Å²) in [5, 5.41) is 0. The standard InChI is InChI=1S/C16H18N4O3/c21-14-13(9-18-16(23)19-14)15(22)20-7-3-4-11(10-20)8-12-5-1-2-6-17-12/h1-2,5-6,9,11H,3-4,7-8,10H2,(H2,18,19,21,23). The van der Waals surface area contributed by atoms with Gasteiger partial charge in [-0.25, -0.2) is 4.79 Å². The molecule has 0 aromatic carbocycles. The van der Waals surface area contributed by atoms with E-state index in [0.29, 0.717) is 19.0 Å². The van der Waals surface area contributed by atoms with Crippen molar-refractivity contribution in [1.29, 1.82) is 0 Å². The van der Waals surface area contributed by atoms with E-state index in [0.717, 1.165) is 25.0 Å². The van der Waals surface area contributed by atoms with Crippen molar-refractivity contribution in [3.05, 3.63) is 62.7 Å². The van der Waals surface area contributed by atoms with Gasteiger partial charge in [-0.3, -0.25) is 19.6 Å². The van der Waals surface area contributed by atoms with Crippen LogP contribution in [-0.4, -0.2) is 38.8 Å². The average Bonchev–Trinajstić information content (AvgIpc) is 2.55. The molecule has 1 amide bonds. The van der Waals surface area contributed by atoms with E-state index in [4.69, 9.17) is 0 Å². The molecule has 0 saturated carbocycles. The first-order valence-corrected chi connectivity index (χ1v) is 7.64. The molecule has 23 heavy (non-hydrogen) atoms. The number of carbonyl (C=O) groups is 1. The first kappa shape index (κ1) is 15.2. The lowest BCUT2D eigenvalue weighted by Crippen LogP contribution is -2.43. The minimum Gasteiger partial charge on any atom is -0.338 e. The molecule has 0 spiro atoms. The molecule has 7 heteroatoms. The van der Waals surface area contributed by atoms with Gasteiger partial charge in [-0.15, -0.1) is 0 Å². The fraction of sp³-hybridized carbons (Fsp3) is 0.375. The summed E-state index contributed by atoms with van der Waals surface area (Å²) < 4.78 is 0. The van der Waals surface area contributed by atoms with E-state index >= 15 is 0 Å². The molecule has 1 saturated heterocycles. The predicted molar refractivity (Wildman–Crippen MR) is 84.3 cm³/mol. The van der Waals surface area contributed by atoms with E-state index < -0.39 is 11.2 Å². The van der Waals surface area contributed by atoms with E-state index in [1.807, 2.05) is 18.2 Å². The van der Waals surface area contributed by atoms with Crippen molar-refractivity contribution < 1.29 is 4.79 Å². The molecule has 7 nitrogen and oxygen atoms in total. The number of amides is 1. The van der Waals surface area contributed by atoms with Crippen molar-refractivity contribution >= 4 is 5.91 Å². The molecule has 120 valence electrons. The van der Waals surface area contributed by atoms with Gasteiger partial charge in [0, 0.05) is 31.2 Å². The number of piperidine rings is 1. The molecular weight excluding hydrogens is 296 g/mol. The Morgan fingerprint density at radius 2 is 2.22 bits per heavy atom. The number of nitrogens with zero attached hydrogens (tertiary/aromatic N) is 2. The molecule has 1 unspecified atom stereocenters. The molecule has 2 aromatic heterocycles. The number of likely N-dealkylation sites (tertiary alicyclic amines) is 1. The van der Waals surface area contributed by atoms with Crippen molar-refractivity contribution in [2.45, 2.75) is 19.3 Å². The van der Waals surface area contributed by atoms with Crippen LogP contribution >= 0.6 is 0 Å². The van der Waals surface area contributed by atoms with Crippen molar-refractivity contribution in [2.75, 3.05) is 13.1 Å². The van der Waals surface area contributed by atoms with Crippen molar-refractivity contribution in [3.8, 4) is 0 Å². The molecule has 0 aliphatic carbocycles. The predicted octanol–water partition coefficient (Wildman–Crippen LogP) is 0.553. The number of carbonyl (C=O) groups excluding carboxylic acids is 1. The largest absolute Gasteiger partial charge is 0.338 e. The van der Waals surface area contributed by atoms with Crippen LogP contribution in [0.3, 0.4) is 0 Å². The lowest BCUT2D eigenvalue weighted by atomic mass is 9.93. The smallest absolute Gasteiger partial charge is 0.325 e. The van der Waals surface area contributed by atoms with Crippen LogP contribution in [0.5, 0.6) is 0 Å². The second-order valence-electron chi connectivity index (χ2n) is 5.77. The second-order valence-corrected chi connectivity index (χ2v) is 5.77. The fourth-order valence-electron chi connectivity index (χ4n) is 2.97. The molecule has 0 radical (unpaired) electrons. The summed E-state index contributed by atoms with van der Waals surface area (Å²) in [6.07, 6.45) is 5.69. The molecule has 2 N–H and O–H groups in total. The SMILES string of the molecule is O=C(c1c[nH]c(=O)[nH]c1=O)N1CCCC(Cc2ccccn2)C1. The van der Waals surface area contributed by atoms with Crippen molar-refractivity contribution in [1.82, 2.24) is 19.9 Å². The maximum absolute atomic E-state index is 12.5. The number of rotatable bonds is 3. The highest BCUT2D eigenvalue weighted by Gasteiger charge is 2.26. The Kier molecular flexibility index (Phi) is 4.36. The number of pyridine rings is 1. The summed E-state index contributed by atoms with van der Waals surface area (Å²) >= 11 is 0. The van der Waals surface area contributed by atoms with Gasteiger partial charge in [0.05, 0.1) is 0 Å². The van der Waals surface area contributed by atoms with Crippen molar-refractivity contribution in [3.63, 3.8) is 0 Å². The molecule has 3 heterocycles. The van der Waals surface area contributed by atoms with Crippen LogP contribution in [0.2, 0.25) is 0 Å². The van der Waals surface area contributed by atoms with Gasteiger partial charge in [-0.2, -0.15) is 0 Å². The number of aromatic nitrogens is 3. The Bertz CT molecular complexity index is 797. The highest BCUT2D eigenvalue weighted by molar-refractivity contribution is 5.93. The van der Waals surface area contributed by atoms with E-state index in [2.05, 4.69) is 15.0 Å².